The number of rotatable bonds is 14. The van der Waals surface area contributed by atoms with Crippen molar-refractivity contribution >= 4 is 49.3 Å². The van der Waals surface area contributed by atoms with Crippen molar-refractivity contribution in [2.45, 2.75) is 58.6 Å². The number of aliphatic hydroxyl groups is 2. The highest BCUT2D eigenvalue weighted by Crippen LogP contribution is 2.35. The first-order valence-corrected chi connectivity index (χ1v) is 22.6. The van der Waals surface area contributed by atoms with Gasteiger partial charge in [-0.25, -0.2) is 18.1 Å². The Kier molecular flexibility index (Phi) is 17.7. The number of aryl methyl sites for hydroxylation is 2. The number of halogens is 11. The summed E-state index contributed by atoms with van der Waals surface area (Å²) >= 11 is 6.04. The minimum absolute atomic E-state index is 0.0208. The minimum atomic E-state index is -4.88. The van der Waals surface area contributed by atoms with Crippen molar-refractivity contribution in [2.75, 3.05) is 0 Å². The van der Waals surface area contributed by atoms with Crippen LogP contribution in [0.1, 0.15) is 69.8 Å². The monoisotopic (exact) mass is 1190 g/mol. The highest BCUT2D eigenvalue weighted by atomic mass is 79.9. The van der Waals surface area contributed by atoms with E-state index in [0.717, 1.165) is 51.8 Å². The van der Waals surface area contributed by atoms with Crippen LogP contribution in [-0.4, -0.2) is 74.9 Å². The molecule has 1 unspecified atom stereocenters. The number of carbonyl (C=O) groups is 1. The third-order valence-electron chi connectivity index (χ3n) is 10.1. The van der Waals surface area contributed by atoms with Crippen LogP contribution in [0.3, 0.4) is 0 Å². The van der Waals surface area contributed by atoms with Gasteiger partial charge >= 0.3 is 24.0 Å². The van der Waals surface area contributed by atoms with Gasteiger partial charge in [0.2, 0.25) is 17.3 Å². The lowest BCUT2D eigenvalue weighted by molar-refractivity contribution is -0.392. The summed E-state index contributed by atoms with van der Waals surface area (Å²) in [4.78, 5) is 39.7. The zero-order chi connectivity index (χ0) is 55.1. The van der Waals surface area contributed by atoms with E-state index in [4.69, 9.17) is 4.74 Å². The van der Waals surface area contributed by atoms with Crippen LogP contribution in [-0.2, 0) is 38.7 Å². The number of carbonyl (C=O) groups excluding carboxylic acids is 1. The van der Waals surface area contributed by atoms with Gasteiger partial charge < -0.3 is 35.2 Å². The molecule has 75 heavy (non-hydrogen) atoms. The van der Waals surface area contributed by atoms with Gasteiger partial charge in [0.25, 0.3) is 0 Å². The number of nitrogens with zero attached hydrogens (tertiary/aromatic N) is 12. The van der Waals surface area contributed by atoms with Crippen LogP contribution >= 0.6 is 31.9 Å². The highest BCUT2D eigenvalue weighted by Gasteiger charge is 2.38. The highest BCUT2D eigenvalue weighted by molar-refractivity contribution is 9.10. The zero-order valence-electron chi connectivity index (χ0n) is 38.0. The lowest BCUT2D eigenvalue weighted by atomic mass is 10.1. The molecule has 6 heterocycles. The Morgan fingerprint density at radius 3 is 1.80 bits per heavy atom. The van der Waals surface area contributed by atoms with Crippen LogP contribution in [0.4, 0.5) is 51.1 Å². The first kappa shape index (κ1) is 56.4. The number of pyridine rings is 2. The van der Waals surface area contributed by atoms with E-state index in [1.807, 2.05) is 6.92 Å². The van der Waals surface area contributed by atoms with Crippen molar-refractivity contribution in [2.24, 2.45) is 0 Å². The standard InChI is InChI=1S/C22H15BrF4N6O4.C17H16F4N4O2.C5H2BrFN2O2/c1-2-31-10-13(8-29-31)20(34)17-7-19(22(25,26)27)30-32(17)16-4-3-15(24)5-12(16)11-37-18-6-14(23)9-28-21(18)33(35)36;1-2-24-8-11(7-22-24)16(27)14-6-15(17(19,20)21)23-25(14)13-4-3-12(18)5-10(13)9-26;6-3-1-4(7)5(8-2-3)9(10)11/h3-10H,2,11H2,1H3;3-8,16,26-27H,2,9H2,1H3;1-2H. The van der Waals surface area contributed by atoms with E-state index in [-0.39, 0.29) is 45.1 Å². The third kappa shape index (κ3) is 13.6. The Balaban J connectivity index is 0.000000209. The van der Waals surface area contributed by atoms with E-state index < -0.39 is 93.5 Å². The topological polar surface area (TPSA) is 250 Å². The predicted octanol–water partition coefficient (Wildman–Crippen LogP) is 9.83. The fourth-order valence-electron chi connectivity index (χ4n) is 6.57. The average molecular weight is 1190 g/mol. The van der Waals surface area contributed by atoms with Gasteiger partial charge in [0.15, 0.2) is 23.8 Å². The number of alkyl halides is 6. The van der Waals surface area contributed by atoms with Crippen molar-refractivity contribution in [1.82, 2.24) is 49.1 Å². The second kappa shape index (κ2) is 23.5. The summed E-state index contributed by atoms with van der Waals surface area (Å²) in [5, 5.41) is 56.4. The SMILES string of the molecule is CCn1cc(C(=O)c2cc(C(F)(F)F)nn2-c2ccc(F)cc2COc2cc(Br)cnc2[N+](=O)[O-])cn1.CCn1cc(C(O)c2cc(C(F)(F)F)nn2-c2ccc(F)cc2CO)cn1.O=[N+]([O-])c1ncc(Br)cc1F. The Bertz CT molecular complexity index is 3380. The van der Waals surface area contributed by atoms with Crippen molar-refractivity contribution < 1.29 is 69.1 Å². The molecule has 1 atom stereocenters. The maximum atomic E-state index is 14.1. The van der Waals surface area contributed by atoms with E-state index >= 15 is 0 Å². The lowest BCUT2D eigenvalue weighted by Crippen LogP contribution is -2.13. The number of hydrogen-bond acceptors (Lipinski definition) is 14. The second-order valence-corrected chi connectivity index (χ2v) is 16.9. The van der Waals surface area contributed by atoms with Gasteiger partial charge in [0, 0.05) is 60.4 Å². The molecule has 0 aliphatic rings. The number of aliphatic hydroxyl groups excluding tert-OH is 2. The van der Waals surface area contributed by atoms with Crippen molar-refractivity contribution in [3.05, 3.63) is 189 Å². The molecule has 31 heteroatoms. The summed E-state index contributed by atoms with van der Waals surface area (Å²) in [6.07, 6.45) is -3.29. The van der Waals surface area contributed by atoms with E-state index in [9.17, 15) is 74.7 Å². The number of ketones is 1. The Hall–Kier alpha value is -7.90. The smallest absolute Gasteiger partial charge is 0.435 e. The van der Waals surface area contributed by atoms with Gasteiger partial charge in [-0.05, 0) is 108 Å². The fraction of sp³-hybridized carbons (Fsp3) is 0.205. The van der Waals surface area contributed by atoms with Gasteiger partial charge in [-0.15, -0.1) is 0 Å². The molecule has 2 N–H and O–H groups in total. The molecule has 0 bridgehead atoms. The van der Waals surface area contributed by atoms with E-state index in [2.05, 4.69) is 62.2 Å². The van der Waals surface area contributed by atoms with Crippen LogP contribution < -0.4 is 4.74 Å². The zero-order valence-corrected chi connectivity index (χ0v) is 41.2. The maximum Gasteiger partial charge on any atom is 0.435 e. The van der Waals surface area contributed by atoms with Crippen molar-refractivity contribution in [1.29, 1.82) is 0 Å². The Morgan fingerprint density at radius 2 is 1.25 bits per heavy atom. The largest absolute Gasteiger partial charge is 0.481 e. The van der Waals surface area contributed by atoms with Gasteiger partial charge in [-0.2, -0.15) is 51.1 Å². The molecule has 0 aliphatic heterocycles. The first-order valence-electron chi connectivity index (χ1n) is 21.0. The normalized spacial score (nSPS) is 11.8. The quantitative estimate of drug-likeness (QED) is 0.0445. The van der Waals surface area contributed by atoms with Gasteiger partial charge in [-0.3, -0.25) is 14.2 Å². The molecule has 0 aliphatic carbocycles. The van der Waals surface area contributed by atoms with Crippen molar-refractivity contribution in [3.8, 4) is 17.1 Å². The van der Waals surface area contributed by atoms with Crippen LogP contribution in [0.5, 0.6) is 5.75 Å². The lowest BCUT2D eigenvalue weighted by Gasteiger charge is -2.14. The summed E-state index contributed by atoms with van der Waals surface area (Å²) in [7, 11) is 0. The van der Waals surface area contributed by atoms with Gasteiger partial charge in [0.1, 0.15) is 30.0 Å². The second-order valence-electron chi connectivity index (χ2n) is 15.1. The number of hydrogen-bond donors (Lipinski definition) is 2. The first-order chi connectivity index (χ1) is 35.3. The molecule has 0 saturated carbocycles. The summed E-state index contributed by atoms with van der Waals surface area (Å²) < 4.78 is 131. The van der Waals surface area contributed by atoms with E-state index in [0.29, 0.717) is 28.1 Å². The molecule has 6 aromatic heterocycles. The minimum Gasteiger partial charge on any atom is -0.481 e. The van der Waals surface area contributed by atoms with Crippen molar-refractivity contribution in [3.63, 3.8) is 0 Å². The van der Waals surface area contributed by atoms with Gasteiger partial charge in [0.05, 0.1) is 50.6 Å². The number of nitro groups is 2. The molecule has 8 aromatic rings. The molecule has 0 amide bonds. The Morgan fingerprint density at radius 1 is 0.720 bits per heavy atom. The third-order valence-corrected chi connectivity index (χ3v) is 10.9. The maximum absolute atomic E-state index is 14.1. The summed E-state index contributed by atoms with van der Waals surface area (Å²) in [5.41, 5.74) is -2.97. The molecule has 0 spiro atoms. The van der Waals surface area contributed by atoms with Crippen LogP contribution in [0.15, 0.2) is 107 Å². The van der Waals surface area contributed by atoms with Crippen LogP contribution in [0.25, 0.3) is 11.4 Å². The number of aromatic nitrogens is 10. The molecule has 0 fully saturated rings. The van der Waals surface area contributed by atoms with Crippen LogP contribution in [0, 0.1) is 37.7 Å². The van der Waals surface area contributed by atoms with E-state index in [1.54, 1.807) is 6.92 Å². The predicted molar refractivity (Wildman–Crippen MR) is 248 cm³/mol. The molecule has 0 saturated heterocycles. The Labute approximate surface area is 431 Å². The summed E-state index contributed by atoms with van der Waals surface area (Å²) in [6.45, 7) is 3.40. The molecule has 20 nitrogen and oxygen atoms in total. The molecular weight excluding hydrogens is 1160 g/mol. The number of ether oxygens (including phenoxy) is 1. The molecular formula is C44H33Br2F9N12O8. The molecule has 8 rings (SSSR count). The summed E-state index contributed by atoms with van der Waals surface area (Å²) in [6, 6.07) is 9.85. The van der Waals surface area contributed by atoms with Gasteiger partial charge in [-0.1, -0.05) is 0 Å². The van der Waals surface area contributed by atoms with Crippen LogP contribution in [0.2, 0.25) is 0 Å². The molecule has 2 aromatic carbocycles. The molecule has 394 valence electrons. The fourth-order valence-corrected chi connectivity index (χ4v) is 7.18. The molecule has 0 radical (unpaired) electrons. The average Bonchev–Trinajstić information content (AvgIpc) is 4.20. The summed E-state index contributed by atoms with van der Waals surface area (Å²) in [5.74, 6) is -4.80. The number of benzene rings is 2. The van der Waals surface area contributed by atoms with E-state index in [1.165, 1.54) is 58.7 Å².